The fourth-order valence-corrected chi connectivity index (χ4v) is 4.90. The number of hydrogen-bond acceptors (Lipinski definition) is 3. The molecule has 0 saturated heterocycles. The number of nitrogens with zero attached hydrogens (tertiary/aromatic N) is 1. The molecule has 3 aromatic rings. The van der Waals surface area contributed by atoms with Crippen LogP contribution in [0.25, 0.3) is 16.5 Å². The van der Waals surface area contributed by atoms with Gasteiger partial charge in [0.1, 0.15) is 5.58 Å². The van der Waals surface area contributed by atoms with Gasteiger partial charge in [-0.05, 0) is 54.9 Å². The Morgan fingerprint density at radius 3 is 2.68 bits per heavy atom. The Kier molecular flexibility index (Phi) is 4.31. The third kappa shape index (κ3) is 2.77. The van der Waals surface area contributed by atoms with Gasteiger partial charge in [-0.3, -0.25) is 0 Å². The summed E-state index contributed by atoms with van der Waals surface area (Å²) in [6.07, 6.45) is 7.54. The van der Waals surface area contributed by atoms with E-state index in [1.54, 1.807) is 6.07 Å². The van der Waals surface area contributed by atoms with Gasteiger partial charge in [-0.15, -0.1) is 0 Å². The van der Waals surface area contributed by atoms with Gasteiger partial charge in [0.05, 0.1) is 0 Å². The van der Waals surface area contributed by atoms with Crippen molar-refractivity contribution >= 4 is 22.2 Å². The molecule has 0 spiro atoms. The first kappa shape index (κ1) is 17.3. The third-order valence-electron chi connectivity index (χ3n) is 6.01. The Hall–Kier alpha value is -2.81. The van der Waals surface area contributed by atoms with Crippen LogP contribution < -0.4 is 10.5 Å². The third-order valence-corrected chi connectivity index (χ3v) is 6.01. The molecule has 2 aliphatic rings. The normalized spacial score (nSPS) is 16.3. The molecule has 142 valence electrons. The average Bonchev–Trinajstić information content (AvgIpc) is 2.73. The fraction of sp³-hybridized carbons (Fsp3) is 0.320. The van der Waals surface area contributed by atoms with Gasteiger partial charge < -0.3 is 9.32 Å². The molecule has 2 aromatic carbocycles. The summed E-state index contributed by atoms with van der Waals surface area (Å²) < 4.78 is 5.83. The Bertz CT molecular complexity index is 1120. The second-order valence-electron chi connectivity index (χ2n) is 7.80. The maximum absolute atomic E-state index is 12.6. The van der Waals surface area contributed by atoms with Crippen molar-refractivity contribution in [2.24, 2.45) is 0 Å². The van der Waals surface area contributed by atoms with E-state index in [2.05, 4.69) is 48.2 Å². The van der Waals surface area contributed by atoms with Crippen LogP contribution in [0, 0.1) is 0 Å². The van der Waals surface area contributed by atoms with E-state index in [4.69, 9.17) is 4.42 Å². The van der Waals surface area contributed by atoms with Gasteiger partial charge in [-0.1, -0.05) is 43.3 Å². The molecule has 2 aliphatic heterocycles. The van der Waals surface area contributed by atoms with Crippen LogP contribution >= 0.6 is 0 Å². The first-order valence-corrected chi connectivity index (χ1v) is 10.4. The van der Waals surface area contributed by atoms with Crippen molar-refractivity contribution in [3.8, 4) is 0 Å². The summed E-state index contributed by atoms with van der Waals surface area (Å²) in [5, 5.41) is 1.08. The average molecular weight is 371 g/mol. The van der Waals surface area contributed by atoms with Gasteiger partial charge in [-0.2, -0.15) is 0 Å². The molecule has 3 nitrogen and oxygen atoms in total. The lowest BCUT2D eigenvalue weighted by molar-refractivity contribution is 0.549. The van der Waals surface area contributed by atoms with Gasteiger partial charge in [0.25, 0.3) is 0 Å². The molecule has 0 atom stereocenters. The van der Waals surface area contributed by atoms with E-state index in [1.807, 2.05) is 6.07 Å². The second-order valence-corrected chi connectivity index (χ2v) is 7.80. The highest BCUT2D eigenvalue weighted by molar-refractivity contribution is 5.99. The number of rotatable bonds is 3. The van der Waals surface area contributed by atoms with Crippen molar-refractivity contribution < 1.29 is 4.42 Å². The van der Waals surface area contributed by atoms with E-state index < -0.39 is 0 Å². The lowest BCUT2D eigenvalue weighted by Gasteiger charge is -2.37. The van der Waals surface area contributed by atoms with Crippen molar-refractivity contribution in [1.82, 2.24) is 0 Å². The number of hydrogen-bond donors (Lipinski definition) is 0. The molecule has 0 aliphatic carbocycles. The van der Waals surface area contributed by atoms with Crippen LogP contribution in [0.2, 0.25) is 0 Å². The highest BCUT2D eigenvalue weighted by atomic mass is 16.4. The molecular weight excluding hydrogens is 346 g/mol. The van der Waals surface area contributed by atoms with E-state index in [1.165, 1.54) is 23.2 Å². The van der Waals surface area contributed by atoms with Crippen molar-refractivity contribution in [1.29, 1.82) is 0 Å². The predicted octanol–water partition coefficient (Wildman–Crippen LogP) is 5.33. The van der Waals surface area contributed by atoms with Crippen LogP contribution in [0.3, 0.4) is 0 Å². The van der Waals surface area contributed by atoms with E-state index in [0.29, 0.717) is 0 Å². The molecule has 3 heterocycles. The zero-order chi connectivity index (χ0) is 19.1. The molecule has 0 radical (unpaired) electrons. The first-order chi connectivity index (χ1) is 13.8. The molecule has 0 N–H and O–H groups in total. The Morgan fingerprint density at radius 2 is 1.89 bits per heavy atom. The first-order valence-electron chi connectivity index (χ1n) is 10.4. The van der Waals surface area contributed by atoms with Crippen LogP contribution in [0.5, 0.6) is 0 Å². The van der Waals surface area contributed by atoms with Gasteiger partial charge in [0.2, 0.25) is 0 Å². The summed E-state index contributed by atoms with van der Waals surface area (Å²) in [5.41, 5.74) is 7.79. The summed E-state index contributed by atoms with van der Waals surface area (Å²) in [6, 6.07) is 14.3. The second kappa shape index (κ2) is 6.97. The highest BCUT2D eigenvalue weighted by Gasteiger charge is 2.28. The maximum Gasteiger partial charge on any atom is 0.336 e. The highest BCUT2D eigenvalue weighted by Crippen LogP contribution is 2.41. The van der Waals surface area contributed by atoms with Gasteiger partial charge >= 0.3 is 5.63 Å². The molecule has 0 saturated carbocycles. The molecule has 0 amide bonds. The summed E-state index contributed by atoms with van der Waals surface area (Å²) in [7, 11) is 0. The summed E-state index contributed by atoms with van der Waals surface area (Å²) in [4.78, 5) is 15.1. The Morgan fingerprint density at radius 1 is 1.11 bits per heavy atom. The van der Waals surface area contributed by atoms with Crippen LogP contribution in [0.15, 0.2) is 57.8 Å². The molecule has 1 aromatic heterocycles. The van der Waals surface area contributed by atoms with Crippen molar-refractivity contribution in [2.75, 3.05) is 18.0 Å². The monoisotopic (exact) mass is 371 g/mol. The van der Waals surface area contributed by atoms with Crippen LogP contribution in [-0.4, -0.2) is 13.1 Å². The number of allylic oxidation sites excluding steroid dienone is 1. The molecule has 28 heavy (non-hydrogen) atoms. The number of benzene rings is 2. The minimum atomic E-state index is -0.260. The van der Waals surface area contributed by atoms with Crippen LogP contribution in [0.4, 0.5) is 5.69 Å². The largest absolute Gasteiger partial charge is 0.422 e. The van der Waals surface area contributed by atoms with E-state index in [0.717, 1.165) is 66.4 Å². The van der Waals surface area contributed by atoms with Crippen LogP contribution in [-0.2, 0) is 12.8 Å². The minimum absolute atomic E-state index is 0.260. The standard InChI is InChI=1S/C25H25NO2/c1-2-8-19(17-9-4-3-5-10-17)21-16-23(27)28-25-20-12-7-14-26-13-6-11-18(24(20)26)15-22(21)25/h3-5,8-10,15-16H,2,6-7,11-14H2,1H3/b19-8+. The molecular formula is C25H25NO2. The minimum Gasteiger partial charge on any atom is -0.422 e. The van der Waals surface area contributed by atoms with Crippen molar-refractivity contribution in [3.63, 3.8) is 0 Å². The molecule has 0 fully saturated rings. The van der Waals surface area contributed by atoms with E-state index in [9.17, 15) is 4.79 Å². The quantitative estimate of drug-likeness (QED) is 0.583. The SMILES string of the molecule is CC/C=C(\c1ccccc1)c1cc(=O)oc2c3c4c(cc12)CCCN4CCC3. The summed E-state index contributed by atoms with van der Waals surface area (Å²) in [6.45, 7) is 4.36. The molecule has 0 bridgehead atoms. The molecule has 0 unspecified atom stereocenters. The topological polar surface area (TPSA) is 33.5 Å². The number of aryl methyl sites for hydroxylation is 2. The Labute approximate surface area is 165 Å². The summed E-state index contributed by atoms with van der Waals surface area (Å²) >= 11 is 0. The molecule has 3 heteroatoms. The zero-order valence-corrected chi connectivity index (χ0v) is 16.3. The van der Waals surface area contributed by atoms with Crippen LogP contribution in [0.1, 0.15) is 48.4 Å². The fourth-order valence-electron chi connectivity index (χ4n) is 4.90. The summed E-state index contributed by atoms with van der Waals surface area (Å²) in [5.74, 6) is 0. The lowest BCUT2D eigenvalue weighted by atomic mass is 9.87. The van der Waals surface area contributed by atoms with Gasteiger partial charge in [-0.25, -0.2) is 4.79 Å². The smallest absolute Gasteiger partial charge is 0.336 e. The van der Waals surface area contributed by atoms with E-state index in [-0.39, 0.29) is 5.63 Å². The molecule has 5 rings (SSSR count). The zero-order valence-electron chi connectivity index (χ0n) is 16.3. The lowest BCUT2D eigenvalue weighted by Crippen LogP contribution is -2.34. The van der Waals surface area contributed by atoms with Gasteiger partial charge in [0.15, 0.2) is 0 Å². The number of fused-ring (bicyclic) bond motifs is 2. The van der Waals surface area contributed by atoms with Crippen molar-refractivity contribution in [2.45, 2.75) is 39.0 Å². The van der Waals surface area contributed by atoms with Gasteiger partial charge in [0, 0.05) is 41.4 Å². The van der Waals surface area contributed by atoms with Crippen molar-refractivity contribution in [3.05, 3.63) is 81.2 Å². The maximum atomic E-state index is 12.6. The number of anilines is 1. The van der Waals surface area contributed by atoms with E-state index >= 15 is 0 Å². The Balaban J connectivity index is 1.83. The predicted molar refractivity (Wildman–Crippen MR) is 115 cm³/mol.